The minimum Gasteiger partial charge on any atom is -0.334 e. The van der Waals surface area contributed by atoms with Gasteiger partial charge in [-0.2, -0.15) is 10.2 Å². The average Bonchev–Trinajstić information content (AvgIpc) is 3.16. The lowest BCUT2D eigenvalue weighted by Crippen LogP contribution is -2.46. The zero-order valence-corrected chi connectivity index (χ0v) is 14.6. The van der Waals surface area contributed by atoms with E-state index >= 15 is 0 Å². The molecule has 4 rings (SSSR count). The Morgan fingerprint density at radius 1 is 1.32 bits per heavy atom. The van der Waals surface area contributed by atoms with Crippen molar-refractivity contribution in [2.24, 2.45) is 0 Å². The Balaban J connectivity index is 1.65. The first-order valence-corrected chi connectivity index (χ1v) is 8.73. The standard InChI is InChI=1S/C18H22N6O/c1-13-10-20-22(11-13)12-15-6-3-4-8-23(15)18(25)16-14(2)21-24-9-5-7-19-17(16)24/h5,7,9-11,15H,3-4,6,8,12H2,1-2H3/t15-/m1/s1. The maximum absolute atomic E-state index is 13.3. The molecule has 7 nitrogen and oxygen atoms in total. The van der Waals surface area contributed by atoms with Crippen molar-refractivity contribution in [1.29, 1.82) is 0 Å². The van der Waals surface area contributed by atoms with Crippen LogP contribution in [-0.4, -0.2) is 47.8 Å². The number of piperidine rings is 1. The van der Waals surface area contributed by atoms with E-state index < -0.39 is 0 Å². The smallest absolute Gasteiger partial charge is 0.259 e. The van der Waals surface area contributed by atoms with Crippen molar-refractivity contribution >= 4 is 11.6 Å². The van der Waals surface area contributed by atoms with Crippen LogP contribution in [0.1, 0.15) is 40.9 Å². The molecule has 0 aromatic carbocycles. The third-order valence-electron chi connectivity index (χ3n) is 4.83. The van der Waals surface area contributed by atoms with Crippen molar-refractivity contribution in [3.8, 4) is 0 Å². The predicted octanol–water partition coefficient (Wildman–Crippen LogP) is 2.24. The van der Waals surface area contributed by atoms with Crippen molar-refractivity contribution in [3.05, 3.63) is 47.7 Å². The van der Waals surface area contributed by atoms with E-state index in [1.165, 1.54) is 0 Å². The maximum atomic E-state index is 13.3. The summed E-state index contributed by atoms with van der Waals surface area (Å²) in [6.45, 7) is 5.40. The van der Waals surface area contributed by atoms with Crippen LogP contribution in [-0.2, 0) is 6.54 Å². The van der Waals surface area contributed by atoms with E-state index in [-0.39, 0.29) is 11.9 Å². The summed E-state index contributed by atoms with van der Waals surface area (Å²) in [4.78, 5) is 19.7. The van der Waals surface area contributed by atoms with Gasteiger partial charge in [0.05, 0.1) is 24.5 Å². The number of hydrogen-bond donors (Lipinski definition) is 0. The number of carbonyl (C=O) groups is 1. The molecule has 0 N–H and O–H groups in total. The van der Waals surface area contributed by atoms with Crippen LogP contribution < -0.4 is 0 Å². The van der Waals surface area contributed by atoms with Gasteiger partial charge in [-0.15, -0.1) is 0 Å². The highest BCUT2D eigenvalue weighted by Crippen LogP contribution is 2.24. The van der Waals surface area contributed by atoms with Gasteiger partial charge in [-0.1, -0.05) is 0 Å². The molecule has 1 amide bonds. The van der Waals surface area contributed by atoms with E-state index in [1.807, 2.05) is 48.1 Å². The van der Waals surface area contributed by atoms with Crippen LogP contribution in [0, 0.1) is 13.8 Å². The lowest BCUT2D eigenvalue weighted by molar-refractivity contribution is 0.0585. The van der Waals surface area contributed by atoms with Crippen LogP contribution in [0.4, 0.5) is 0 Å². The fourth-order valence-corrected chi connectivity index (χ4v) is 3.63. The van der Waals surface area contributed by atoms with Gasteiger partial charge in [-0.05, 0) is 44.7 Å². The molecule has 0 saturated carbocycles. The normalized spacial score (nSPS) is 18.0. The molecule has 1 aliphatic heterocycles. The molecule has 3 aromatic rings. The summed E-state index contributed by atoms with van der Waals surface area (Å²) in [5.41, 5.74) is 3.10. The second kappa shape index (κ2) is 6.31. The summed E-state index contributed by atoms with van der Waals surface area (Å²) in [6, 6.07) is 1.97. The SMILES string of the molecule is Cc1cnn(C[C@H]2CCCCN2C(=O)c2c(C)nn3cccnc23)c1. The van der Waals surface area contributed by atoms with Crippen molar-refractivity contribution in [1.82, 2.24) is 29.3 Å². The van der Waals surface area contributed by atoms with Gasteiger partial charge >= 0.3 is 0 Å². The third-order valence-corrected chi connectivity index (χ3v) is 4.83. The van der Waals surface area contributed by atoms with E-state index in [2.05, 4.69) is 15.2 Å². The molecule has 1 fully saturated rings. The molecule has 1 aliphatic rings. The summed E-state index contributed by atoms with van der Waals surface area (Å²) in [6.07, 6.45) is 10.6. The Kier molecular flexibility index (Phi) is 3.99. The second-order valence-corrected chi connectivity index (χ2v) is 6.74. The summed E-state index contributed by atoms with van der Waals surface area (Å²) >= 11 is 0. The molecular weight excluding hydrogens is 316 g/mol. The highest BCUT2D eigenvalue weighted by molar-refractivity contribution is 6.01. The molecule has 3 aromatic heterocycles. The van der Waals surface area contributed by atoms with Crippen LogP contribution in [0.25, 0.3) is 5.65 Å². The molecule has 0 spiro atoms. The van der Waals surface area contributed by atoms with E-state index in [0.29, 0.717) is 11.2 Å². The number of hydrogen-bond acceptors (Lipinski definition) is 4. The van der Waals surface area contributed by atoms with Crippen molar-refractivity contribution in [2.45, 2.75) is 45.7 Å². The first-order valence-electron chi connectivity index (χ1n) is 8.73. The molecule has 25 heavy (non-hydrogen) atoms. The lowest BCUT2D eigenvalue weighted by Gasteiger charge is -2.35. The topological polar surface area (TPSA) is 68.3 Å². The summed E-state index contributed by atoms with van der Waals surface area (Å²) in [7, 11) is 0. The monoisotopic (exact) mass is 338 g/mol. The Morgan fingerprint density at radius 3 is 3.00 bits per heavy atom. The van der Waals surface area contributed by atoms with Crippen LogP contribution >= 0.6 is 0 Å². The first kappa shape index (κ1) is 15.8. The van der Waals surface area contributed by atoms with E-state index in [0.717, 1.165) is 43.6 Å². The third kappa shape index (κ3) is 2.90. The molecule has 0 aliphatic carbocycles. The number of amides is 1. The lowest BCUT2D eigenvalue weighted by atomic mass is 10.0. The summed E-state index contributed by atoms with van der Waals surface area (Å²) in [5.74, 6) is 0.0276. The number of fused-ring (bicyclic) bond motifs is 1. The average molecular weight is 338 g/mol. The number of rotatable bonds is 3. The Morgan fingerprint density at radius 2 is 2.20 bits per heavy atom. The van der Waals surface area contributed by atoms with E-state index in [9.17, 15) is 4.79 Å². The van der Waals surface area contributed by atoms with Crippen LogP contribution in [0.5, 0.6) is 0 Å². The number of carbonyl (C=O) groups excluding carboxylic acids is 1. The number of nitrogens with zero attached hydrogens (tertiary/aromatic N) is 6. The summed E-state index contributed by atoms with van der Waals surface area (Å²) < 4.78 is 3.62. The Bertz CT molecular complexity index is 911. The molecule has 0 radical (unpaired) electrons. The van der Waals surface area contributed by atoms with Gasteiger partial charge in [0.15, 0.2) is 5.65 Å². The molecule has 130 valence electrons. The minimum atomic E-state index is 0.0276. The zero-order valence-electron chi connectivity index (χ0n) is 14.6. The minimum absolute atomic E-state index is 0.0276. The molecule has 0 bridgehead atoms. The van der Waals surface area contributed by atoms with Gasteiger partial charge in [0.1, 0.15) is 5.56 Å². The molecule has 0 unspecified atom stereocenters. The first-order chi connectivity index (χ1) is 12.1. The van der Waals surface area contributed by atoms with E-state index in [1.54, 1.807) is 10.7 Å². The molecular formula is C18H22N6O. The number of likely N-dealkylation sites (tertiary alicyclic amines) is 1. The van der Waals surface area contributed by atoms with Crippen LogP contribution in [0.2, 0.25) is 0 Å². The quantitative estimate of drug-likeness (QED) is 0.734. The highest BCUT2D eigenvalue weighted by Gasteiger charge is 2.31. The maximum Gasteiger partial charge on any atom is 0.259 e. The van der Waals surface area contributed by atoms with Crippen molar-refractivity contribution < 1.29 is 4.79 Å². The van der Waals surface area contributed by atoms with Gasteiger partial charge in [0.25, 0.3) is 5.91 Å². The molecule has 4 heterocycles. The van der Waals surface area contributed by atoms with Crippen LogP contribution in [0.15, 0.2) is 30.9 Å². The van der Waals surface area contributed by atoms with Crippen molar-refractivity contribution in [2.75, 3.05) is 6.54 Å². The van der Waals surface area contributed by atoms with Crippen LogP contribution in [0.3, 0.4) is 0 Å². The van der Waals surface area contributed by atoms with Crippen molar-refractivity contribution in [3.63, 3.8) is 0 Å². The number of aromatic nitrogens is 5. The van der Waals surface area contributed by atoms with Gasteiger partial charge in [-0.25, -0.2) is 9.50 Å². The predicted molar refractivity (Wildman–Crippen MR) is 93.4 cm³/mol. The van der Waals surface area contributed by atoms with Gasteiger partial charge in [0, 0.05) is 25.1 Å². The summed E-state index contributed by atoms with van der Waals surface area (Å²) in [5, 5.41) is 8.81. The van der Waals surface area contributed by atoms with Gasteiger partial charge in [0.2, 0.25) is 0 Å². The largest absolute Gasteiger partial charge is 0.334 e. The highest BCUT2D eigenvalue weighted by atomic mass is 16.2. The Labute approximate surface area is 146 Å². The van der Waals surface area contributed by atoms with E-state index in [4.69, 9.17) is 0 Å². The Hall–Kier alpha value is -2.70. The number of aryl methyl sites for hydroxylation is 2. The molecule has 7 heteroatoms. The van der Waals surface area contributed by atoms with Gasteiger partial charge in [-0.3, -0.25) is 9.48 Å². The fraction of sp³-hybridized carbons (Fsp3) is 0.444. The molecule has 1 atom stereocenters. The van der Waals surface area contributed by atoms with Gasteiger partial charge < -0.3 is 4.90 Å². The second-order valence-electron chi connectivity index (χ2n) is 6.74. The molecule has 1 saturated heterocycles. The fourth-order valence-electron chi connectivity index (χ4n) is 3.63. The zero-order chi connectivity index (χ0) is 17.4.